The van der Waals surface area contributed by atoms with E-state index < -0.39 is 6.10 Å². The third-order valence-electron chi connectivity index (χ3n) is 3.30. The van der Waals surface area contributed by atoms with Crippen molar-refractivity contribution in [1.29, 1.82) is 0 Å². The van der Waals surface area contributed by atoms with Crippen molar-refractivity contribution in [3.63, 3.8) is 0 Å². The molecule has 1 amide bonds. The molecule has 3 nitrogen and oxygen atoms in total. The van der Waals surface area contributed by atoms with Gasteiger partial charge in [0.25, 0.3) is 5.91 Å². The predicted molar refractivity (Wildman–Crippen MR) is 74.5 cm³/mol. The Labute approximate surface area is 112 Å². The van der Waals surface area contributed by atoms with Crippen LogP contribution in [0.15, 0.2) is 30.3 Å². The van der Waals surface area contributed by atoms with Crippen LogP contribution in [0.25, 0.3) is 0 Å². The van der Waals surface area contributed by atoms with E-state index in [-0.39, 0.29) is 10.7 Å². The predicted octanol–water partition coefficient (Wildman–Crippen LogP) is 2.12. The van der Waals surface area contributed by atoms with Gasteiger partial charge < -0.3 is 10.4 Å². The molecule has 0 radical (unpaired) electrons. The molecule has 1 aliphatic heterocycles. The summed E-state index contributed by atoms with van der Waals surface area (Å²) in [5.41, 5.74) is 0.638. The first-order chi connectivity index (χ1) is 8.61. The highest BCUT2D eigenvalue weighted by Crippen LogP contribution is 2.37. The minimum atomic E-state index is -1.07. The van der Waals surface area contributed by atoms with Crippen LogP contribution in [-0.4, -0.2) is 28.1 Å². The van der Waals surface area contributed by atoms with E-state index in [0.717, 1.165) is 12.2 Å². The van der Waals surface area contributed by atoms with Crippen LogP contribution in [-0.2, 0) is 4.79 Å². The Balaban J connectivity index is 1.88. The van der Waals surface area contributed by atoms with Crippen LogP contribution in [0.1, 0.15) is 31.4 Å². The number of nitrogens with one attached hydrogen (secondary N) is 1. The summed E-state index contributed by atoms with van der Waals surface area (Å²) in [6.45, 7) is 2.79. The second-order valence-electron chi connectivity index (χ2n) is 4.93. The average Bonchev–Trinajstić information content (AvgIpc) is 2.83. The van der Waals surface area contributed by atoms with Crippen LogP contribution < -0.4 is 5.32 Å². The van der Waals surface area contributed by atoms with Gasteiger partial charge in [-0.1, -0.05) is 30.3 Å². The molecule has 18 heavy (non-hydrogen) atoms. The largest absolute Gasteiger partial charge is 0.378 e. The molecule has 4 heteroatoms. The molecule has 98 valence electrons. The Bertz CT molecular complexity index is 402. The fourth-order valence-electron chi connectivity index (χ4n) is 2.13. The molecule has 0 aliphatic carbocycles. The molecule has 0 spiro atoms. The quantitative estimate of drug-likeness (QED) is 0.876. The van der Waals surface area contributed by atoms with E-state index >= 15 is 0 Å². The number of thioether (sulfide) groups is 1. The molecule has 2 atom stereocenters. The van der Waals surface area contributed by atoms with Gasteiger partial charge in [-0.15, -0.1) is 0 Å². The summed E-state index contributed by atoms with van der Waals surface area (Å²) in [4.78, 5) is 11.9. The van der Waals surface area contributed by atoms with Crippen LogP contribution in [0.5, 0.6) is 0 Å². The van der Waals surface area contributed by atoms with Crippen molar-refractivity contribution in [2.75, 3.05) is 12.3 Å². The van der Waals surface area contributed by atoms with Crippen LogP contribution in [0.3, 0.4) is 0 Å². The maximum atomic E-state index is 11.9. The van der Waals surface area contributed by atoms with Crippen molar-refractivity contribution in [2.45, 2.75) is 30.6 Å². The number of rotatable bonds is 4. The van der Waals surface area contributed by atoms with E-state index in [1.165, 1.54) is 6.42 Å². The summed E-state index contributed by atoms with van der Waals surface area (Å²) >= 11 is 1.90. The second-order valence-corrected chi connectivity index (χ2v) is 6.62. The van der Waals surface area contributed by atoms with Gasteiger partial charge in [0.2, 0.25) is 0 Å². The van der Waals surface area contributed by atoms with E-state index in [9.17, 15) is 9.90 Å². The minimum Gasteiger partial charge on any atom is -0.378 e. The summed E-state index contributed by atoms with van der Waals surface area (Å²) in [7, 11) is 0. The number of aliphatic hydroxyl groups excluding tert-OH is 1. The SMILES string of the molecule is C[C@]1(CNC(=O)[C@H](O)c2ccccc2)CCCS1. The summed E-state index contributed by atoms with van der Waals surface area (Å²) < 4.78 is 0.131. The lowest BCUT2D eigenvalue weighted by Crippen LogP contribution is -2.39. The molecule has 1 aliphatic rings. The van der Waals surface area contributed by atoms with Crippen LogP contribution in [0, 0.1) is 0 Å². The molecule has 0 aromatic heterocycles. The van der Waals surface area contributed by atoms with Gasteiger partial charge in [-0.05, 0) is 31.1 Å². The first kappa shape index (κ1) is 13.4. The van der Waals surface area contributed by atoms with Gasteiger partial charge in [-0.3, -0.25) is 4.79 Å². The standard InChI is InChI=1S/C14H19NO2S/c1-14(8-5-9-18-14)10-15-13(17)12(16)11-6-3-2-4-7-11/h2-4,6-7,12,16H,5,8-10H2,1H3,(H,15,17)/t12-,14-/m1/s1. The number of hydrogen-bond acceptors (Lipinski definition) is 3. The van der Waals surface area contributed by atoms with Crippen molar-refractivity contribution in [3.8, 4) is 0 Å². The Kier molecular flexibility index (Phi) is 4.30. The zero-order chi connectivity index (χ0) is 13.0. The van der Waals surface area contributed by atoms with Gasteiger partial charge in [0, 0.05) is 11.3 Å². The van der Waals surface area contributed by atoms with Crippen LogP contribution in [0.4, 0.5) is 0 Å². The number of carbonyl (C=O) groups excluding carboxylic acids is 1. The zero-order valence-electron chi connectivity index (χ0n) is 10.6. The van der Waals surface area contributed by atoms with E-state index in [1.807, 2.05) is 30.0 Å². The Morgan fingerprint density at radius 3 is 2.83 bits per heavy atom. The Morgan fingerprint density at radius 1 is 1.50 bits per heavy atom. The minimum absolute atomic E-state index is 0.131. The number of hydrogen-bond donors (Lipinski definition) is 2. The first-order valence-electron chi connectivity index (χ1n) is 6.25. The van der Waals surface area contributed by atoms with Crippen molar-refractivity contribution in [1.82, 2.24) is 5.32 Å². The van der Waals surface area contributed by atoms with Crippen molar-refractivity contribution < 1.29 is 9.90 Å². The monoisotopic (exact) mass is 265 g/mol. The number of amides is 1. The second kappa shape index (κ2) is 5.76. The van der Waals surface area contributed by atoms with Gasteiger partial charge in [0.15, 0.2) is 6.10 Å². The van der Waals surface area contributed by atoms with Crippen molar-refractivity contribution >= 4 is 17.7 Å². The molecule has 2 N–H and O–H groups in total. The normalized spacial score (nSPS) is 24.8. The Hall–Kier alpha value is -1.00. The summed E-state index contributed by atoms with van der Waals surface area (Å²) in [6, 6.07) is 9.02. The summed E-state index contributed by atoms with van der Waals surface area (Å²) in [5.74, 6) is 0.850. The summed E-state index contributed by atoms with van der Waals surface area (Å²) in [6.07, 6.45) is 1.26. The van der Waals surface area contributed by atoms with Gasteiger partial charge in [0.05, 0.1) is 0 Å². The molecule has 1 aromatic carbocycles. The highest BCUT2D eigenvalue weighted by atomic mass is 32.2. The average molecular weight is 265 g/mol. The van der Waals surface area contributed by atoms with E-state index in [2.05, 4.69) is 12.2 Å². The topological polar surface area (TPSA) is 49.3 Å². The maximum Gasteiger partial charge on any atom is 0.253 e. The highest BCUT2D eigenvalue weighted by Gasteiger charge is 2.30. The number of aliphatic hydroxyl groups is 1. The fourth-order valence-corrected chi connectivity index (χ4v) is 3.38. The van der Waals surface area contributed by atoms with Gasteiger partial charge in [-0.2, -0.15) is 11.8 Å². The lowest BCUT2D eigenvalue weighted by Gasteiger charge is -2.23. The van der Waals surface area contributed by atoms with Gasteiger partial charge in [-0.25, -0.2) is 0 Å². The first-order valence-corrected chi connectivity index (χ1v) is 7.24. The van der Waals surface area contributed by atoms with Gasteiger partial charge >= 0.3 is 0 Å². The van der Waals surface area contributed by atoms with E-state index in [4.69, 9.17) is 0 Å². The van der Waals surface area contributed by atoms with E-state index in [0.29, 0.717) is 12.1 Å². The molecule has 1 fully saturated rings. The molecule has 0 saturated carbocycles. The smallest absolute Gasteiger partial charge is 0.253 e. The molecule has 1 saturated heterocycles. The Morgan fingerprint density at radius 2 is 2.22 bits per heavy atom. The zero-order valence-corrected chi connectivity index (χ0v) is 11.4. The molecule has 0 bridgehead atoms. The number of carbonyl (C=O) groups is 1. The van der Waals surface area contributed by atoms with Crippen LogP contribution in [0.2, 0.25) is 0 Å². The fraction of sp³-hybridized carbons (Fsp3) is 0.500. The highest BCUT2D eigenvalue weighted by molar-refractivity contribution is 8.00. The van der Waals surface area contributed by atoms with Crippen LogP contribution >= 0.6 is 11.8 Å². The molecular formula is C14H19NO2S. The molecule has 1 aromatic rings. The van der Waals surface area contributed by atoms with Gasteiger partial charge in [0.1, 0.15) is 0 Å². The lowest BCUT2D eigenvalue weighted by molar-refractivity contribution is -0.129. The third kappa shape index (κ3) is 3.27. The maximum absolute atomic E-state index is 11.9. The van der Waals surface area contributed by atoms with E-state index in [1.54, 1.807) is 12.1 Å². The molecule has 0 unspecified atom stereocenters. The van der Waals surface area contributed by atoms with Crippen molar-refractivity contribution in [2.24, 2.45) is 0 Å². The molecule has 1 heterocycles. The lowest BCUT2D eigenvalue weighted by atomic mass is 10.1. The van der Waals surface area contributed by atoms with Crippen molar-refractivity contribution in [3.05, 3.63) is 35.9 Å². The molecular weight excluding hydrogens is 246 g/mol. The third-order valence-corrected chi connectivity index (χ3v) is 4.84. The summed E-state index contributed by atoms with van der Waals surface area (Å²) in [5, 5.41) is 12.8. The number of benzene rings is 1. The molecule has 2 rings (SSSR count).